The van der Waals surface area contributed by atoms with Gasteiger partial charge in [0.05, 0.1) is 12.3 Å². The summed E-state index contributed by atoms with van der Waals surface area (Å²) in [6.07, 6.45) is 1.75. The highest BCUT2D eigenvalue weighted by Gasteiger charge is 2.11. The quantitative estimate of drug-likeness (QED) is 0.337. The molecule has 0 aromatic heterocycles. The monoisotopic (exact) mass is 483 g/mol. The Labute approximate surface area is 168 Å². The van der Waals surface area contributed by atoms with E-state index in [0.717, 1.165) is 5.75 Å². The molecule has 144 valence electrons. The van der Waals surface area contributed by atoms with Crippen molar-refractivity contribution in [3.8, 4) is 5.75 Å². The molecule has 0 bridgehead atoms. The third-order valence-corrected chi connectivity index (χ3v) is 4.42. The van der Waals surface area contributed by atoms with Gasteiger partial charge in [-0.2, -0.15) is 0 Å². The Balaban J connectivity index is 0.00000576. The molecule has 2 N–H and O–H groups in total. The summed E-state index contributed by atoms with van der Waals surface area (Å²) < 4.78 is 28.3. The summed E-state index contributed by atoms with van der Waals surface area (Å²) in [4.78, 5) is 4.15. The van der Waals surface area contributed by atoms with Crippen LogP contribution < -0.4 is 15.4 Å². The minimum atomic E-state index is -2.95. The molecule has 2 unspecified atom stereocenters. The highest BCUT2D eigenvalue weighted by atomic mass is 127. The SMILES string of the molecule is CN=C(NCC(C)Oc1ccc(C)cc1)NC(C)CCS(C)(=O)=O.I. The molecule has 1 aromatic carbocycles. The van der Waals surface area contributed by atoms with Gasteiger partial charge >= 0.3 is 0 Å². The van der Waals surface area contributed by atoms with Gasteiger partial charge in [0.1, 0.15) is 21.7 Å². The molecule has 0 saturated carbocycles. The Kier molecular flexibility index (Phi) is 11.1. The minimum absolute atomic E-state index is 0. The third kappa shape index (κ3) is 11.2. The first kappa shape index (κ1) is 24.0. The van der Waals surface area contributed by atoms with E-state index >= 15 is 0 Å². The predicted octanol–water partition coefficient (Wildman–Crippen LogP) is 2.37. The molecular formula is C17H30IN3O3S. The molecule has 2 atom stereocenters. The van der Waals surface area contributed by atoms with Crippen LogP contribution in [0.25, 0.3) is 0 Å². The maximum atomic E-state index is 11.2. The molecule has 1 aromatic rings. The van der Waals surface area contributed by atoms with E-state index in [9.17, 15) is 8.42 Å². The van der Waals surface area contributed by atoms with Crippen LogP contribution in [-0.2, 0) is 9.84 Å². The van der Waals surface area contributed by atoms with E-state index in [2.05, 4.69) is 15.6 Å². The Hall–Kier alpha value is -1.03. The van der Waals surface area contributed by atoms with Crippen LogP contribution in [0, 0.1) is 6.92 Å². The first-order chi connectivity index (χ1) is 11.2. The molecule has 1 rings (SSSR count). The van der Waals surface area contributed by atoms with E-state index in [1.807, 2.05) is 45.0 Å². The van der Waals surface area contributed by atoms with Crippen molar-refractivity contribution in [3.63, 3.8) is 0 Å². The van der Waals surface area contributed by atoms with Crippen molar-refractivity contribution in [3.05, 3.63) is 29.8 Å². The lowest BCUT2D eigenvalue weighted by Crippen LogP contribution is -2.45. The van der Waals surface area contributed by atoms with E-state index in [4.69, 9.17) is 4.74 Å². The second-order valence-corrected chi connectivity index (χ2v) is 8.42. The number of nitrogens with zero attached hydrogens (tertiary/aromatic N) is 1. The lowest BCUT2D eigenvalue weighted by Gasteiger charge is -2.20. The van der Waals surface area contributed by atoms with E-state index in [1.165, 1.54) is 11.8 Å². The van der Waals surface area contributed by atoms with Gasteiger partial charge in [-0.05, 0) is 39.3 Å². The molecular weight excluding hydrogens is 453 g/mol. The van der Waals surface area contributed by atoms with Crippen LogP contribution in [0.15, 0.2) is 29.3 Å². The van der Waals surface area contributed by atoms with Gasteiger partial charge in [0.25, 0.3) is 0 Å². The van der Waals surface area contributed by atoms with Crippen molar-refractivity contribution in [2.75, 3.05) is 25.6 Å². The van der Waals surface area contributed by atoms with Gasteiger partial charge in [-0.25, -0.2) is 8.42 Å². The Morgan fingerprint density at radius 1 is 1.24 bits per heavy atom. The molecule has 8 heteroatoms. The summed E-state index contributed by atoms with van der Waals surface area (Å²) in [5, 5.41) is 6.38. The molecule has 0 aliphatic carbocycles. The number of guanidine groups is 1. The highest BCUT2D eigenvalue weighted by Crippen LogP contribution is 2.12. The molecule has 25 heavy (non-hydrogen) atoms. The molecule has 0 saturated heterocycles. The lowest BCUT2D eigenvalue weighted by atomic mass is 10.2. The maximum absolute atomic E-state index is 11.2. The van der Waals surface area contributed by atoms with Gasteiger partial charge in [-0.15, -0.1) is 24.0 Å². The average Bonchev–Trinajstić information content (AvgIpc) is 2.51. The molecule has 6 nitrogen and oxygen atoms in total. The first-order valence-electron chi connectivity index (χ1n) is 8.08. The molecule has 0 aliphatic heterocycles. The second kappa shape index (κ2) is 11.6. The van der Waals surface area contributed by atoms with Crippen LogP contribution in [0.4, 0.5) is 0 Å². The lowest BCUT2D eigenvalue weighted by molar-refractivity contribution is 0.223. The number of aryl methyl sites for hydroxylation is 1. The number of sulfone groups is 1. The van der Waals surface area contributed by atoms with E-state index in [0.29, 0.717) is 18.9 Å². The number of hydrogen-bond donors (Lipinski definition) is 2. The Morgan fingerprint density at radius 3 is 2.36 bits per heavy atom. The fourth-order valence-corrected chi connectivity index (χ4v) is 2.80. The van der Waals surface area contributed by atoms with Crippen LogP contribution in [0.3, 0.4) is 0 Å². The van der Waals surface area contributed by atoms with Crippen molar-refractivity contribution >= 4 is 39.8 Å². The van der Waals surface area contributed by atoms with Gasteiger partial charge in [0.15, 0.2) is 5.96 Å². The topological polar surface area (TPSA) is 79.8 Å². The van der Waals surface area contributed by atoms with Gasteiger partial charge in [0, 0.05) is 19.3 Å². The zero-order valence-corrected chi connectivity index (χ0v) is 18.7. The van der Waals surface area contributed by atoms with E-state index in [-0.39, 0.29) is 41.9 Å². The number of benzene rings is 1. The molecule has 0 radical (unpaired) electrons. The van der Waals surface area contributed by atoms with Crippen LogP contribution in [0.2, 0.25) is 0 Å². The molecule has 0 heterocycles. The van der Waals surface area contributed by atoms with Crippen LogP contribution in [0.1, 0.15) is 25.8 Å². The van der Waals surface area contributed by atoms with Gasteiger partial charge in [-0.3, -0.25) is 4.99 Å². The van der Waals surface area contributed by atoms with Crippen molar-refractivity contribution in [1.29, 1.82) is 0 Å². The van der Waals surface area contributed by atoms with Crippen molar-refractivity contribution in [2.24, 2.45) is 4.99 Å². The minimum Gasteiger partial charge on any atom is -0.489 e. The van der Waals surface area contributed by atoms with Gasteiger partial charge in [-0.1, -0.05) is 17.7 Å². The fourth-order valence-electron chi connectivity index (χ4n) is 2.02. The predicted molar refractivity (Wildman–Crippen MR) is 115 cm³/mol. The van der Waals surface area contributed by atoms with Crippen LogP contribution in [0.5, 0.6) is 5.75 Å². The summed E-state index contributed by atoms with van der Waals surface area (Å²) in [6, 6.07) is 7.94. The van der Waals surface area contributed by atoms with E-state index < -0.39 is 9.84 Å². The first-order valence-corrected chi connectivity index (χ1v) is 10.1. The Bertz CT molecular complexity index is 633. The summed E-state index contributed by atoms with van der Waals surface area (Å²) in [5.41, 5.74) is 1.20. The van der Waals surface area contributed by atoms with E-state index in [1.54, 1.807) is 7.05 Å². The maximum Gasteiger partial charge on any atom is 0.191 e. The smallest absolute Gasteiger partial charge is 0.191 e. The number of ether oxygens (including phenoxy) is 1. The number of halogens is 1. The van der Waals surface area contributed by atoms with Crippen LogP contribution >= 0.6 is 24.0 Å². The van der Waals surface area contributed by atoms with Crippen molar-refractivity contribution in [1.82, 2.24) is 10.6 Å². The molecule has 0 amide bonds. The summed E-state index contributed by atoms with van der Waals surface area (Å²) in [7, 11) is -1.26. The number of aliphatic imine (C=N–C) groups is 1. The summed E-state index contributed by atoms with van der Waals surface area (Å²) in [5.74, 6) is 1.63. The average molecular weight is 483 g/mol. The molecule has 0 spiro atoms. The second-order valence-electron chi connectivity index (χ2n) is 6.16. The standard InChI is InChI=1S/C17H29N3O3S.HI/c1-13-6-8-16(9-7-13)23-15(3)12-19-17(18-4)20-14(2)10-11-24(5,21)22;/h6-9,14-15H,10-12H2,1-5H3,(H2,18,19,20);1H. The molecule has 0 aliphatic rings. The van der Waals surface area contributed by atoms with Crippen LogP contribution in [-0.4, -0.2) is 52.1 Å². The molecule has 0 fully saturated rings. The summed E-state index contributed by atoms with van der Waals surface area (Å²) >= 11 is 0. The number of nitrogens with one attached hydrogen (secondary N) is 2. The third-order valence-electron chi connectivity index (χ3n) is 3.44. The Morgan fingerprint density at radius 2 is 1.84 bits per heavy atom. The van der Waals surface area contributed by atoms with Gasteiger partial charge in [0.2, 0.25) is 0 Å². The van der Waals surface area contributed by atoms with Gasteiger partial charge < -0.3 is 15.4 Å². The van der Waals surface area contributed by atoms with Crippen molar-refractivity contribution in [2.45, 2.75) is 39.3 Å². The highest BCUT2D eigenvalue weighted by molar-refractivity contribution is 14.0. The normalized spacial score (nSPS) is 14.2. The largest absolute Gasteiger partial charge is 0.489 e. The van der Waals surface area contributed by atoms with Crippen molar-refractivity contribution < 1.29 is 13.2 Å². The fraction of sp³-hybridized carbons (Fsp3) is 0.588. The zero-order valence-electron chi connectivity index (χ0n) is 15.6. The number of rotatable bonds is 8. The summed E-state index contributed by atoms with van der Waals surface area (Å²) in [6.45, 7) is 6.54. The number of hydrogen-bond acceptors (Lipinski definition) is 4. The zero-order chi connectivity index (χ0) is 18.2.